The molecule has 2 amide bonds. The number of likely N-dealkylation sites (N-methyl/N-ethyl adjacent to an activating group) is 1. The number of rotatable bonds is 4. The molecule has 0 aliphatic carbocycles. The summed E-state index contributed by atoms with van der Waals surface area (Å²) in [6, 6.07) is 10.8. The summed E-state index contributed by atoms with van der Waals surface area (Å²) in [7, 11) is 1.60. The van der Waals surface area contributed by atoms with Gasteiger partial charge in [0.25, 0.3) is 5.91 Å². The summed E-state index contributed by atoms with van der Waals surface area (Å²) in [6.45, 7) is 0.216. The molecule has 0 bridgehead atoms. The van der Waals surface area contributed by atoms with E-state index in [2.05, 4.69) is 26.2 Å². The third-order valence-electron chi connectivity index (χ3n) is 4.08. The second-order valence-electron chi connectivity index (χ2n) is 5.74. The van der Waals surface area contributed by atoms with Crippen molar-refractivity contribution >= 4 is 34.1 Å². The predicted octanol–water partition coefficient (Wildman–Crippen LogP) is 1.08. The number of amides is 2. The molecular formula is C17H15N7O2. The zero-order valence-corrected chi connectivity index (χ0v) is 13.9. The molecule has 0 spiro atoms. The van der Waals surface area contributed by atoms with Crippen molar-refractivity contribution in [3.63, 3.8) is 0 Å². The Labute approximate surface area is 147 Å². The maximum Gasteiger partial charge on any atom is 0.257 e. The molecule has 0 aliphatic rings. The van der Waals surface area contributed by atoms with E-state index in [0.29, 0.717) is 16.9 Å². The summed E-state index contributed by atoms with van der Waals surface area (Å²) >= 11 is 0. The molecule has 0 radical (unpaired) electrons. The number of benzene rings is 1. The summed E-state index contributed by atoms with van der Waals surface area (Å²) in [4.78, 5) is 24.1. The summed E-state index contributed by atoms with van der Waals surface area (Å²) in [5.74, 6) is -0.363. The second-order valence-corrected chi connectivity index (χ2v) is 5.74. The van der Waals surface area contributed by atoms with Crippen molar-refractivity contribution in [3.05, 3.63) is 54.4 Å². The van der Waals surface area contributed by atoms with Crippen LogP contribution >= 0.6 is 0 Å². The van der Waals surface area contributed by atoms with E-state index in [1.807, 2.05) is 35.0 Å². The Balaban J connectivity index is 1.60. The van der Waals surface area contributed by atoms with Gasteiger partial charge < -0.3 is 15.2 Å². The average Bonchev–Trinajstić information content (AvgIpc) is 3.27. The normalized spacial score (nSPS) is 11.0. The lowest BCUT2D eigenvalue weighted by Crippen LogP contribution is -2.23. The molecule has 4 rings (SSSR count). The van der Waals surface area contributed by atoms with Crippen LogP contribution in [0.15, 0.2) is 48.8 Å². The number of fused-ring (bicyclic) bond motifs is 2. The van der Waals surface area contributed by atoms with Gasteiger partial charge in [0.1, 0.15) is 6.54 Å². The number of aromatic nitrogens is 5. The monoisotopic (exact) mass is 349 g/mol. The van der Waals surface area contributed by atoms with Crippen molar-refractivity contribution in [3.8, 4) is 0 Å². The van der Waals surface area contributed by atoms with Crippen LogP contribution in [0, 0.1) is 0 Å². The van der Waals surface area contributed by atoms with Gasteiger partial charge >= 0.3 is 0 Å². The fraction of sp³-hybridized carbons (Fsp3) is 0.118. The smallest absolute Gasteiger partial charge is 0.257 e. The second kappa shape index (κ2) is 6.28. The molecule has 4 aromatic rings. The largest absolute Gasteiger partial charge is 0.358 e. The zero-order chi connectivity index (χ0) is 18.1. The Kier molecular flexibility index (Phi) is 3.81. The number of carbonyl (C=O) groups excluding carboxylic acids is 2. The first-order valence-electron chi connectivity index (χ1n) is 7.92. The van der Waals surface area contributed by atoms with Gasteiger partial charge in [0.2, 0.25) is 5.91 Å². The highest BCUT2D eigenvalue weighted by Gasteiger charge is 2.10. The summed E-state index contributed by atoms with van der Waals surface area (Å²) < 4.78 is 3.27. The van der Waals surface area contributed by atoms with Crippen LogP contribution in [0.25, 0.3) is 16.6 Å². The van der Waals surface area contributed by atoms with Gasteiger partial charge in [-0.15, -0.1) is 5.10 Å². The number of nitrogens with zero attached hydrogens (tertiary/aromatic N) is 5. The van der Waals surface area contributed by atoms with Gasteiger partial charge in [-0.25, -0.2) is 0 Å². The first-order chi connectivity index (χ1) is 12.6. The fourth-order valence-corrected chi connectivity index (χ4v) is 2.71. The molecule has 0 saturated heterocycles. The quantitative estimate of drug-likeness (QED) is 0.573. The Morgan fingerprint density at radius 3 is 2.88 bits per heavy atom. The van der Waals surface area contributed by atoms with E-state index < -0.39 is 0 Å². The van der Waals surface area contributed by atoms with Crippen molar-refractivity contribution in [1.82, 2.24) is 29.9 Å². The highest BCUT2D eigenvalue weighted by Crippen LogP contribution is 2.21. The van der Waals surface area contributed by atoms with Crippen molar-refractivity contribution in [1.29, 1.82) is 0 Å². The van der Waals surface area contributed by atoms with Crippen LogP contribution in [-0.4, -0.2) is 43.5 Å². The lowest BCUT2D eigenvalue weighted by molar-refractivity contribution is -0.121. The highest BCUT2D eigenvalue weighted by molar-refractivity contribution is 6.05. The molecule has 3 heterocycles. The molecule has 1 aromatic carbocycles. The van der Waals surface area contributed by atoms with Gasteiger partial charge in [0.15, 0.2) is 5.65 Å². The Hall–Kier alpha value is -3.75. The molecule has 0 saturated carbocycles. The predicted molar refractivity (Wildman–Crippen MR) is 94.7 cm³/mol. The summed E-state index contributed by atoms with van der Waals surface area (Å²) in [5, 5.41) is 17.6. The van der Waals surface area contributed by atoms with E-state index in [4.69, 9.17) is 0 Å². The maximum absolute atomic E-state index is 12.5. The van der Waals surface area contributed by atoms with Crippen molar-refractivity contribution in [2.75, 3.05) is 12.4 Å². The Bertz CT molecular complexity index is 1130. The van der Waals surface area contributed by atoms with Crippen LogP contribution in [0.2, 0.25) is 0 Å². The third kappa shape index (κ3) is 2.86. The van der Waals surface area contributed by atoms with Gasteiger partial charge in [0, 0.05) is 25.1 Å². The topological polar surface area (TPSA) is 106 Å². The minimum absolute atomic E-state index is 0.0910. The standard InChI is InChI=1S/C17H15N7O2/c1-18-16(25)10-23-7-6-11-2-4-13(8-14(11)23)19-17(26)12-3-5-15-20-21-22-24(15)9-12/h2-9H,10H2,1H3,(H,18,25)(H,19,26). The lowest BCUT2D eigenvalue weighted by atomic mass is 10.2. The molecule has 9 nitrogen and oxygen atoms in total. The summed E-state index contributed by atoms with van der Waals surface area (Å²) in [5.41, 5.74) is 2.50. The molecular weight excluding hydrogens is 334 g/mol. The van der Waals surface area contributed by atoms with Crippen LogP contribution in [0.5, 0.6) is 0 Å². The van der Waals surface area contributed by atoms with E-state index in [-0.39, 0.29) is 18.4 Å². The number of carbonyl (C=O) groups is 2. The lowest BCUT2D eigenvalue weighted by Gasteiger charge is -2.08. The van der Waals surface area contributed by atoms with Crippen LogP contribution in [0.1, 0.15) is 10.4 Å². The van der Waals surface area contributed by atoms with Crippen molar-refractivity contribution < 1.29 is 9.59 Å². The first kappa shape index (κ1) is 15.8. The van der Waals surface area contributed by atoms with Crippen molar-refractivity contribution in [2.24, 2.45) is 0 Å². The van der Waals surface area contributed by atoms with Gasteiger partial charge in [-0.2, -0.15) is 4.52 Å². The minimum atomic E-state index is -0.272. The number of hydrogen-bond acceptors (Lipinski definition) is 5. The molecule has 130 valence electrons. The van der Waals surface area contributed by atoms with Crippen molar-refractivity contribution in [2.45, 2.75) is 6.54 Å². The van der Waals surface area contributed by atoms with Crippen LogP contribution in [0.3, 0.4) is 0 Å². The SMILES string of the molecule is CNC(=O)Cn1ccc2ccc(NC(=O)c3ccc4nnnn4c3)cc21. The van der Waals surface area contributed by atoms with Crippen LogP contribution in [0.4, 0.5) is 5.69 Å². The minimum Gasteiger partial charge on any atom is -0.358 e. The highest BCUT2D eigenvalue weighted by atomic mass is 16.2. The third-order valence-corrected chi connectivity index (χ3v) is 4.08. The van der Waals surface area contributed by atoms with E-state index >= 15 is 0 Å². The molecule has 0 aliphatic heterocycles. The zero-order valence-electron chi connectivity index (χ0n) is 13.9. The number of nitrogens with one attached hydrogen (secondary N) is 2. The van der Waals surface area contributed by atoms with Gasteiger partial charge in [-0.05, 0) is 46.1 Å². The molecule has 0 atom stereocenters. The fourth-order valence-electron chi connectivity index (χ4n) is 2.71. The number of anilines is 1. The number of pyridine rings is 1. The van der Waals surface area contributed by atoms with E-state index in [1.54, 1.807) is 25.4 Å². The van der Waals surface area contributed by atoms with Gasteiger partial charge in [-0.3, -0.25) is 9.59 Å². The van der Waals surface area contributed by atoms with Crippen LogP contribution < -0.4 is 10.6 Å². The Morgan fingerprint density at radius 1 is 1.15 bits per heavy atom. The van der Waals surface area contributed by atoms with E-state index in [9.17, 15) is 9.59 Å². The van der Waals surface area contributed by atoms with Gasteiger partial charge in [0.05, 0.1) is 11.1 Å². The van der Waals surface area contributed by atoms with E-state index in [0.717, 1.165) is 10.9 Å². The first-order valence-corrected chi connectivity index (χ1v) is 7.92. The molecule has 0 fully saturated rings. The van der Waals surface area contributed by atoms with Crippen LogP contribution in [-0.2, 0) is 11.3 Å². The van der Waals surface area contributed by atoms with E-state index in [1.165, 1.54) is 4.52 Å². The molecule has 9 heteroatoms. The summed E-state index contributed by atoms with van der Waals surface area (Å²) in [6.07, 6.45) is 3.41. The molecule has 0 unspecified atom stereocenters. The molecule has 26 heavy (non-hydrogen) atoms. The molecule has 2 N–H and O–H groups in total. The molecule has 3 aromatic heterocycles. The van der Waals surface area contributed by atoms with Gasteiger partial charge in [-0.1, -0.05) is 6.07 Å². The Morgan fingerprint density at radius 2 is 2.04 bits per heavy atom. The number of tetrazole rings is 1. The average molecular weight is 349 g/mol. The number of hydrogen-bond donors (Lipinski definition) is 2. The maximum atomic E-state index is 12.5.